The number of hydrogen-bond donors (Lipinski definition) is 1. The largest absolute Gasteiger partial charge is 0.455 e. The summed E-state index contributed by atoms with van der Waals surface area (Å²) < 4.78 is 5.29. The Bertz CT molecular complexity index is 632. The first-order chi connectivity index (χ1) is 11.5. The number of primary amides is 1. The molecule has 2 fully saturated rings. The highest BCUT2D eigenvalue weighted by molar-refractivity contribution is 5.89. The molecule has 2 N–H and O–H groups in total. The summed E-state index contributed by atoms with van der Waals surface area (Å²) in [5.74, 6) is -1.01. The molecule has 0 atom stereocenters. The zero-order chi connectivity index (χ0) is 17.2. The molecular formula is C18H22N2O4. The van der Waals surface area contributed by atoms with Gasteiger partial charge >= 0.3 is 5.97 Å². The number of hydrogen-bond acceptors (Lipinski definition) is 4. The Labute approximate surface area is 140 Å². The van der Waals surface area contributed by atoms with Crippen LogP contribution in [0.1, 0.15) is 31.2 Å². The number of nitrogens with zero attached hydrogens (tertiary/aromatic N) is 1. The normalized spacial score (nSPS) is 19.6. The summed E-state index contributed by atoms with van der Waals surface area (Å²) in [6.07, 6.45) is 2.66. The predicted molar refractivity (Wildman–Crippen MR) is 86.8 cm³/mol. The Morgan fingerprint density at radius 1 is 1.12 bits per heavy atom. The van der Waals surface area contributed by atoms with Gasteiger partial charge in [0.2, 0.25) is 5.91 Å². The van der Waals surface area contributed by atoms with Crippen molar-refractivity contribution in [2.24, 2.45) is 11.7 Å². The number of piperidine rings is 1. The van der Waals surface area contributed by atoms with Crippen LogP contribution in [0.25, 0.3) is 0 Å². The lowest BCUT2D eigenvalue weighted by atomic mass is 9.96. The van der Waals surface area contributed by atoms with Crippen LogP contribution in [0.2, 0.25) is 0 Å². The van der Waals surface area contributed by atoms with E-state index in [2.05, 4.69) is 0 Å². The molecule has 3 rings (SSSR count). The molecule has 0 aromatic heterocycles. The Balaban J connectivity index is 1.50. The van der Waals surface area contributed by atoms with Gasteiger partial charge in [0.1, 0.15) is 0 Å². The molecule has 6 nitrogen and oxygen atoms in total. The predicted octanol–water partition coefficient (Wildman–Crippen LogP) is 0.985. The molecule has 0 radical (unpaired) electrons. The monoisotopic (exact) mass is 330 g/mol. The number of likely N-dealkylation sites (tertiary alicyclic amines) is 1. The molecule has 1 saturated carbocycles. The van der Waals surface area contributed by atoms with Crippen LogP contribution in [0.4, 0.5) is 0 Å². The van der Waals surface area contributed by atoms with Crippen molar-refractivity contribution in [1.82, 2.24) is 4.90 Å². The van der Waals surface area contributed by atoms with E-state index in [1.54, 1.807) is 4.90 Å². The zero-order valence-electron chi connectivity index (χ0n) is 13.6. The number of amides is 2. The van der Waals surface area contributed by atoms with Gasteiger partial charge in [-0.15, -0.1) is 0 Å². The van der Waals surface area contributed by atoms with E-state index >= 15 is 0 Å². The lowest BCUT2D eigenvalue weighted by molar-refractivity contribution is -0.154. The number of rotatable bonds is 5. The number of ether oxygens (including phenoxy) is 1. The molecule has 1 aliphatic heterocycles. The van der Waals surface area contributed by atoms with E-state index in [0.29, 0.717) is 25.9 Å². The number of carbonyl (C=O) groups is 3. The minimum Gasteiger partial charge on any atom is -0.455 e. The van der Waals surface area contributed by atoms with Crippen LogP contribution in [-0.4, -0.2) is 42.4 Å². The number of nitrogens with two attached hydrogens (primary N) is 1. The molecule has 0 spiro atoms. The first-order valence-electron chi connectivity index (χ1n) is 8.33. The fraction of sp³-hybridized carbons (Fsp3) is 0.500. The molecule has 24 heavy (non-hydrogen) atoms. The van der Waals surface area contributed by atoms with Gasteiger partial charge in [-0.3, -0.25) is 14.4 Å². The maximum Gasteiger partial charge on any atom is 0.317 e. The summed E-state index contributed by atoms with van der Waals surface area (Å²) in [6.45, 7) is 0.719. The van der Waals surface area contributed by atoms with E-state index in [9.17, 15) is 14.4 Å². The van der Waals surface area contributed by atoms with Crippen LogP contribution >= 0.6 is 0 Å². The molecule has 128 valence electrons. The van der Waals surface area contributed by atoms with Gasteiger partial charge in [0.15, 0.2) is 6.61 Å². The van der Waals surface area contributed by atoms with Crippen molar-refractivity contribution in [3.63, 3.8) is 0 Å². The molecule has 1 aromatic carbocycles. The summed E-state index contributed by atoms with van der Waals surface area (Å²) in [4.78, 5) is 37.4. The van der Waals surface area contributed by atoms with E-state index in [1.165, 1.54) is 0 Å². The van der Waals surface area contributed by atoms with Crippen molar-refractivity contribution in [3.05, 3.63) is 35.9 Å². The third-order valence-corrected chi connectivity index (χ3v) is 5.04. The maximum atomic E-state index is 12.4. The first kappa shape index (κ1) is 16.5. The smallest absolute Gasteiger partial charge is 0.317 e. The maximum absolute atomic E-state index is 12.4. The quantitative estimate of drug-likeness (QED) is 0.815. The molecule has 0 bridgehead atoms. The van der Waals surface area contributed by atoms with Crippen LogP contribution in [0.5, 0.6) is 0 Å². The van der Waals surface area contributed by atoms with Crippen molar-refractivity contribution < 1.29 is 19.1 Å². The van der Waals surface area contributed by atoms with E-state index in [0.717, 1.165) is 18.4 Å². The SMILES string of the molecule is NC(=O)C1CCN(C(=O)COC(=O)C2(c3ccccc3)CC2)CC1. The molecule has 0 unspecified atom stereocenters. The standard InChI is InChI=1S/C18H22N2O4/c19-16(22)13-6-10-20(11-7-13)15(21)12-24-17(23)18(8-9-18)14-4-2-1-3-5-14/h1-5,13H,6-12H2,(H2,19,22). The molecule has 1 aliphatic carbocycles. The Kier molecular flexibility index (Phi) is 4.55. The zero-order valence-corrected chi connectivity index (χ0v) is 13.6. The molecule has 6 heteroatoms. The van der Waals surface area contributed by atoms with Gasteiger partial charge < -0.3 is 15.4 Å². The van der Waals surface area contributed by atoms with Crippen LogP contribution in [-0.2, 0) is 24.5 Å². The Hall–Kier alpha value is -2.37. The molecule has 2 amide bonds. The average molecular weight is 330 g/mol. The minimum atomic E-state index is -0.569. The molecular weight excluding hydrogens is 308 g/mol. The first-order valence-corrected chi connectivity index (χ1v) is 8.33. The number of esters is 1. The number of carbonyl (C=O) groups excluding carboxylic acids is 3. The van der Waals surface area contributed by atoms with Gasteiger partial charge in [-0.1, -0.05) is 30.3 Å². The van der Waals surface area contributed by atoms with Gasteiger partial charge in [-0.25, -0.2) is 0 Å². The Morgan fingerprint density at radius 3 is 2.29 bits per heavy atom. The number of benzene rings is 1. The summed E-state index contributed by atoms with van der Waals surface area (Å²) >= 11 is 0. The van der Waals surface area contributed by atoms with Crippen molar-refractivity contribution in [2.45, 2.75) is 31.1 Å². The second kappa shape index (κ2) is 6.63. The third-order valence-electron chi connectivity index (χ3n) is 5.04. The van der Waals surface area contributed by atoms with Gasteiger partial charge in [-0.2, -0.15) is 0 Å². The second-order valence-corrected chi connectivity index (χ2v) is 6.58. The molecule has 1 heterocycles. The molecule has 1 aromatic rings. The van der Waals surface area contributed by atoms with Gasteiger partial charge in [0.25, 0.3) is 5.91 Å². The van der Waals surface area contributed by atoms with Crippen molar-refractivity contribution in [1.29, 1.82) is 0 Å². The highest BCUT2D eigenvalue weighted by atomic mass is 16.5. The summed E-state index contributed by atoms with van der Waals surface area (Å²) in [5.41, 5.74) is 5.67. The third kappa shape index (κ3) is 3.27. The molecule has 2 aliphatic rings. The second-order valence-electron chi connectivity index (χ2n) is 6.58. The lowest BCUT2D eigenvalue weighted by Crippen LogP contribution is -2.43. The highest BCUT2D eigenvalue weighted by Gasteiger charge is 2.52. The van der Waals surface area contributed by atoms with Crippen LogP contribution in [0, 0.1) is 5.92 Å². The van der Waals surface area contributed by atoms with E-state index in [-0.39, 0.29) is 30.3 Å². The van der Waals surface area contributed by atoms with Gasteiger partial charge in [0, 0.05) is 19.0 Å². The van der Waals surface area contributed by atoms with E-state index in [1.807, 2.05) is 30.3 Å². The summed E-state index contributed by atoms with van der Waals surface area (Å²) in [6, 6.07) is 9.55. The van der Waals surface area contributed by atoms with E-state index in [4.69, 9.17) is 10.5 Å². The van der Waals surface area contributed by atoms with E-state index < -0.39 is 5.41 Å². The van der Waals surface area contributed by atoms with Gasteiger partial charge in [-0.05, 0) is 31.2 Å². The van der Waals surface area contributed by atoms with Crippen LogP contribution in [0.3, 0.4) is 0 Å². The van der Waals surface area contributed by atoms with Crippen molar-refractivity contribution in [3.8, 4) is 0 Å². The van der Waals surface area contributed by atoms with Crippen molar-refractivity contribution >= 4 is 17.8 Å². The lowest BCUT2D eigenvalue weighted by Gasteiger charge is -2.30. The highest BCUT2D eigenvalue weighted by Crippen LogP contribution is 2.49. The van der Waals surface area contributed by atoms with Gasteiger partial charge in [0.05, 0.1) is 5.41 Å². The van der Waals surface area contributed by atoms with Crippen molar-refractivity contribution in [2.75, 3.05) is 19.7 Å². The van der Waals surface area contributed by atoms with Crippen LogP contribution in [0.15, 0.2) is 30.3 Å². The van der Waals surface area contributed by atoms with Crippen LogP contribution < -0.4 is 5.73 Å². The topological polar surface area (TPSA) is 89.7 Å². The summed E-state index contributed by atoms with van der Waals surface area (Å²) in [7, 11) is 0. The molecule has 1 saturated heterocycles. The Morgan fingerprint density at radius 2 is 1.75 bits per heavy atom. The fourth-order valence-corrected chi connectivity index (χ4v) is 3.26. The fourth-order valence-electron chi connectivity index (χ4n) is 3.26. The summed E-state index contributed by atoms with van der Waals surface area (Å²) in [5, 5.41) is 0. The average Bonchev–Trinajstić information content (AvgIpc) is 3.42. The minimum absolute atomic E-state index is 0.163.